The maximum atomic E-state index is 11.8. The number of carboxylic acids is 1. The van der Waals surface area contributed by atoms with E-state index in [-0.39, 0.29) is 11.3 Å². The highest BCUT2D eigenvalue weighted by atomic mass is 16.6. The molecule has 7 heteroatoms. The van der Waals surface area contributed by atoms with Gasteiger partial charge in [-0.1, -0.05) is 37.3 Å². The van der Waals surface area contributed by atoms with Gasteiger partial charge < -0.3 is 5.11 Å². The van der Waals surface area contributed by atoms with Gasteiger partial charge in [0.2, 0.25) is 0 Å². The zero-order valence-corrected chi connectivity index (χ0v) is 13.4. The first-order chi connectivity index (χ1) is 12.0. The van der Waals surface area contributed by atoms with Crippen molar-refractivity contribution in [1.29, 1.82) is 0 Å². The van der Waals surface area contributed by atoms with Crippen molar-refractivity contribution in [3.63, 3.8) is 0 Å². The van der Waals surface area contributed by atoms with Crippen LogP contribution >= 0.6 is 0 Å². The summed E-state index contributed by atoms with van der Waals surface area (Å²) in [6.07, 6.45) is 1.80. The van der Waals surface area contributed by atoms with E-state index in [1.165, 1.54) is 18.5 Å². The minimum atomic E-state index is -1.03. The van der Waals surface area contributed by atoms with Gasteiger partial charge in [0.25, 0.3) is 5.69 Å². The van der Waals surface area contributed by atoms with Crippen molar-refractivity contribution in [1.82, 2.24) is 9.55 Å². The zero-order valence-electron chi connectivity index (χ0n) is 13.4. The molecule has 0 aliphatic heterocycles. The number of nitro groups is 1. The molecule has 126 valence electrons. The largest absolute Gasteiger partial charge is 0.478 e. The van der Waals surface area contributed by atoms with E-state index in [1.54, 1.807) is 29.7 Å². The number of imidazole rings is 1. The number of benzene rings is 2. The van der Waals surface area contributed by atoms with Crippen LogP contribution in [0.1, 0.15) is 18.9 Å². The van der Waals surface area contributed by atoms with E-state index in [4.69, 9.17) is 0 Å². The van der Waals surface area contributed by atoms with Crippen LogP contribution in [-0.2, 0) is 4.79 Å². The molecule has 1 heterocycles. The number of nitro benzene ring substituents is 1. The predicted octanol–water partition coefficient (Wildman–Crippen LogP) is 3.70. The van der Waals surface area contributed by atoms with Crippen LogP contribution in [0.3, 0.4) is 0 Å². The normalized spacial score (nSPS) is 12.0. The first-order valence-corrected chi connectivity index (χ1v) is 7.66. The third kappa shape index (κ3) is 2.99. The van der Waals surface area contributed by atoms with Gasteiger partial charge in [-0.3, -0.25) is 14.7 Å². The lowest BCUT2D eigenvalue weighted by Gasteiger charge is -2.14. The highest BCUT2D eigenvalue weighted by Crippen LogP contribution is 2.29. The number of carboxylic acid groups (broad SMARTS) is 1. The quantitative estimate of drug-likeness (QED) is 0.435. The van der Waals surface area contributed by atoms with Crippen molar-refractivity contribution in [2.75, 3.05) is 0 Å². The van der Waals surface area contributed by atoms with Crippen molar-refractivity contribution in [3.8, 4) is 0 Å². The number of hydrogen-bond donors (Lipinski definition) is 1. The minimum Gasteiger partial charge on any atom is -0.478 e. The highest BCUT2D eigenvalue weighted by Gasteiger charge is 2.19. The second kappa shape index (κ2) is 6.56. The summed E-state index contributed by atoms with van der Waals surface area (Å²) < 4.78 is 1.60. The van der Waals surface area contributed by atoms with Crippen molar-refractivity contribution in [3.05, 3.63) is 76.1 Å². The van der Waals surface area contributed by atoms with Crippen molar-refractivity contribution < 1.29 is 14.8 Å². The summed E-state index contributed by atoms with van der Waals surface area (Å²) in [4.78, 5) is 26.6. The number of hydrogen-bond acceptors (Lipinski definition) is 4. The van der Waals surface area contributed by atoms with Gasteiger partial charge in [-0.15, -0.1) is 0 Å². The van der Waals surface area contributed by atoms with Crippen LogP contribution in [0.5, 0.6) is 0 Å². The summed E-state index contributed by atoms with van der Waals surface area (Å²) in [5, 5.41) is 20.7. The predicted molar refractivity (Wildman–Crippen MR) is 93.1 cm³/mol. The summed E-state index contributed by atoms with van der Waals surface area (Å²) in [6, 6.07) is 13.4. The molecule has 0 amide bonds. The Kier molecular flexibility index (Phi) is 4.30. The number of aromatic nitrogens is 2. The number of fused-ring (bicyclic) bond motifs is 1. The van der Waals surface area contributed by atoms with E-state index in [9.17, 15) is 20.0 Å². The smallest absolute Gasteiger partial charge is 0.333 e. The average Bonchev–Trinajstić information content (AvgIpc) is 3.02. The van der Waals surface area contributed by atoms with Crippen molar-refractivity contribution >= 4 is 28.4 Å². The molecule has 0 saturated heterocycles. The van der Waals surface area contributed by atoms with E-state index in [1.807, 2.05) is 18.2 Å². The average molecular weight is 337 g/mol. The maximum absolute atomic E-state index is 11.8. The number of rotatable bonds is 5. The van der Waals surface area contributed by atoms with Crippen LogP contribution in [0.4, 0.5) is 5.69 Å². The SMILES string of the molecule is CCC(C(=O)O)=C(c1ccccc1)n1cnc2ccc([N+](=O)[O-])cc21. The Hall–Kier alpha value is -3.48. The second-order valence-corrected chi connectivity index (χ2v) is 5.40. The summed E-state index contributed by atoms with van der Waals surface area (Å²) in [7, 11) is 0. The summed E-state index contributed by atoms with van der Waals surface area (Å²) in [5.74, 6) is -1.03. The number of aliphatic carboxylic acids is 1. The molecule has 7 nitrogen and oxygen atoms in total. The molecule has 0 atom stereocenters. The first kappa shape index (κ1) is 16.4. The number of non-ortho nitro benzene ring substituents is 1. The lowest BCUT2D eigenvalue weighted by molar-refractivity contribution is -0.384. The Morgan fingerprint density at radius 1 is 1.24 bits per heavy atom. The maximum Gasteiger partial charge on any atom is 0.333 e. The third-order valence-corrected chi connectivity index (χ3v) is 3.93. The van der Waals surface area contributed by atoms with Gasteiger partial charge in [-0.05, 0) is 18.1 Å². The standard InChI is InChI=1S/C18H15N3O4/c1-2-14(18(22)23)17(12-6-4-3-5-7-12)20-11-19-15-9-8-13(21(24)25)10-16(15)20/h3-11H,2H2,1H3,(H,22,23). The van der Waals surface area contributed by atoms with Crippen LogP contribution in [0.15, 0.2) is 60.4 Å². The molecule has 1 N–H and O–H groups in total. The summed E-state index contributed by atoms with van der Waals surface area (Å²) in [5.41, 5.74) is 2.33. The first-order valence-electron chi connectivity index (χ1n) is 7.66. The topological polar surface area (TPSA) is 98.3 Å². The lowest BCUT2D eigenvalue weighted by Crippen LogP contribution is -2.09. The molecule has 0 fully saturated rings. The summed E-state index contributed by atoms with van der Waals surface area (Å²) in [6.45, 7) is 1.76. The molecule has 1 aromatic heterocycles. The third-order valence-electron chi connectivity index (χ3n) is 3.93. The zero-order chi connectivity index (χ0) is 18.0. The van der Waals surface area contributed by atoms with E-state index >= 15 is 0 Å². The Balaban J connectivity index is 2.35. The van der Waals surface area contributed by atoms with Gasteiger partial charge in [0.05, 0.1) is 27.2 Å². The van der Waals surface area contributed by atoms with Crippen LogP contribution < -0.4 is 0 Å². The molecular weight excluding hydrogens is 322 g/mol. The van der Waals surface area contributed by atoms with Gasteiger partial charge in [0, 0.05) is 12.1 Å². The molecule has 0 aliphatic carbocycles. The van der Waals surface area contributed by atoms with Gasteiger partial charge in [0.15, 0.2) is 0 Å². The molecule has 3 aromatic rings. The van der Waals surface area contributed by atoms with Crippen LogP contribution in [0, 0.1) is 10.1 Å². The molecule has 0 unspecified atom stereocenters. The Morgan fingerprint density at radius 2 is 1.96 bits per heavy atom. The fourth-order valence-corrected chi connectivity index (χ4v) is 2.76. The van der Waals surface area contributed by atoms with Crippen LogP contribution in [0.25, 0.3) is 16.7 Å². The van der Waals surface area contributed by atoms with Crippen LogP contribution in [0.2, 0.25) is 0 Å². The highest BCUT2D eigenvalue weighted by molar-refractivity contribution is 5.98. The number of nitrogens with zero attached hydrogens (tertiary/aromatic N) is 3. The van der Waals surface area contributed by atoms with Crippen LogP contribution in [-0.4, -0.2) is 25.6 Å². The molecule has 0 aliphatic rings. The van der Waals surface area contributed by atoms with Gasteiger partial charge >= 0.3 is 5.97 Å². The van der Waals surface area contributed by atoms with Crippen molar-refractivity contribution in [2.45, 2.75) is 13.3 Å². The fourth-order valence-electron chi connectivity index (χ4n) is 2.76. The summed E-state index contributed by atoms with van der Waals surface area (Å²) >= 11 is 0. The number of carbonyl (C=O) groups is 1. The van der Waals surface area contributed by atoms with E-state index in [0.29, 0.717) is 28.7 Å². The second-order valence-electron chi connectivity index (χ2n) is 5.40. The van der Waals surface area contributed by atoms with E-state index in [2.05, 4.69) is 4.98 Å². The fraction of sp³-hybridized carbons (Fsp3) is 0.111. The molecule has 2 aromatic carbocycles. The van der Waals surface area contributed by atoms with E-state index in [0.717, 1.165) is 0 Å². The molecule has 25 heavy (non-hydrogen) atoms. The molecule has 0 spiro atoms. The Bertz CT molecular complexity index is 990. The van der Waals surface area contributed by atoms with Crippen molar-refractivity contribution in [2.24, 2.45) is 0 Å². The van der Waals surface area contributed by atoms with E-state index < -0.39 is 10.9 Å². The van der Waals surface area contributed by atoms with Gasteiger partial charge in [0.1, 0.15) is 6.33 Å². The Labute approximate surface area is 143 Å². The molecule has 0 radical (unpaired) electrons. The molecular formula is C18H15N3O4. The van der Waals surface area contributed by atoms with Gasteiger partial charge in [-0.25, -0.2) is 9.78 Å². The molecule has 3 rings (SSSR count). The van der Waals surface area contributed by atoms with Gasteiger partial charge in [-0.2, -0.15) is 0 Å². The Morgan fingerprint density at radius 3 is 2.56 bits per heavy atom. The lowest BCUT2D eigenvalue weighted by atomic mass is 10.0. The molecule has 0 saturated carbocycles. The minimum absolute atomic E-state index is 0.0740. The molecule has 0 bridgehead atoms. The monoisotopic (exact) mass is 337 g/mol.